The summed E-state index contributed by atoms with van der Waals surface area (Å²) in [6.07, 6.45) is 4.22. The number of rotatable bonds is 4. The molecular weight excluding hydrogens is 130 g/mol. The molecule has 0 fully saturated rings. The lowest BCUT2D eigenvalue weighted by Crippen LogP contribution is -2.01. The van der Waals surface area contributed by atoms with E-state index in [0.717, 1.165) is 19.6 Å². The summed E-state index contributed by atoms with van der Waals surface area (Å²) in [6, 6.07) is 0. The van der Waals surface area contributed by atoms with Crippen molar-refractivity contribution in [1.29, 1.82) is 0 Å². The Morgan fingerprint density at radius 1 is 1.60 bits per heavy atom. The van der Waals surface area contributed by atoms with Crippen LogP contribution in [-0.2, 0) is 11.3 Å². The van der Waals surface area contributed by atoms with Gasteiger partial charge in [0.1, 0.15) is 12.7 Å². The van der Waals surface area contributed by atoms with Gasteiger partial charge < -0.3 is 4.74 Å². The minimum Gasteiger partial charge on any atom is -0.385 e. The lowest BCUT2D eigenvalue weighted by atomic mass is 10.5. The number of methoxy groups -OCH3 is 1. The zero-order valence-electron chi connectivity index (χ0n) is 6.03. The molecule has 0 atom stereocenters. The molecule has 0 aliphatic heterocycles. The topological polar surface area (TPSA) is 39.9 Å². The molecular formula is C6H11N3O. The van der Waals surface area contributed by atoms with Gasteiger partial charge in [-0.1, -0.05) is 0 Å². The van der Waals surface area contributed by atoms with Crippen LogP contribution in [0.15, 0.2) is 12.7 Å². The first kappa shape index (κ1) is 7.21. The smallest absolute Gasteiger partial charge is 0.137 e. The third kappa shape index (κ3) is 2.14. The maximum atomic E-state index is 4.88. The zero-order chi connectivity index (χ0) is 7.23. The highest BCUT2D eigenvalue weighted by Gasteiger charge is 1.88. The summed E-state index contributed by atoms with van der Waals surface area (Å²) in [7, 11) is 1.70. The van der Waals surface area contributed by atoms with Gasteiger partial charge in [-0.25, -0.2) is 4.98 Å². The molecule has 10 heavy (non-hydrogen) atoms. The molecule has 1 aromatic heterocycles. The van der Waals surface area contributed by atoms with Crippen LogP contribution in [0, 0.1) is 0 Å². The normalized spacial score (nSPS) is 10.1. The van der Waals surface area contributed by atoms with Crippen LogP contribution in [-0.4, -0.2) is 28.5 Å². The van der Waals surface area contributed by atoms with Crippen LogP contribution >= 0.6 is 0 Å². The van der Waals surface area contributed by atoms with E-state index in [4.69, 9.17) is 4.74 Å². The summed E-state index contributed by atoms with van der Waals surface area (Å²) in [5.74, 6) is 0. The minimum atomic E-state index is 0.778. The van der Waals surface area contributed by atoms with E-state index in [-0.39, 0.29) is 0 Å². The molecule has 0 amide bonds. The van der Waals surface area contributed by atoms with Crippen LogP contribution in [0.2, 0.25) is 0 Å². The van der Waals surface area contributed by atoms with Gasteiger partial charge >= 0.3 is 0 Å². The molecule has 1 aromatic rings. The Morgan fingerprint density at radius 3 is 3.10 bits per heavy atom. The first-order valence-electron chi connectivity index (χ1n) is 3.25. The molecule has 0 aromatic carbocycles. The molecule has 4 heteroatoms. The highest BCUT2D eigenvalue weighted by atomic mass is 16.5. The van der Waals surface area contributed by atoms with Crippen molar-refractivity contribution in [2.45, 2.75) is 13.0 Å². The number of hydrogen-bond acceptors (Lipinski definition) is 3. The molecule has 0 N–H and O–H groups in total. The summed E-state index contributed by atoms with van der Waals surface area (Å²) in [5, 5.41) is 3.94. The molecule has 0 aliphatic carbocycles. The van der Waals surface area contributed by atoms with Crippen LogP contribution in [0.25, 0.3) is 0 Å². The molecule has 0 aliphatic rings. The van der Waals surface area contributed by atoms with Gasteiger partial charge in [-0.15, -0.1) is 0 Å². The van der Waals surface area contributed by atoms with Gasteiger partial charge in [0, 0.05) is 20.3 Å². The van der Waals surface area contributed by atoms with Gasteiger partial charge in [0.2, 0.25) is 0 Å². The molecule has 0 saturated carbocycles. The van der Waals surface area contributed by atoms with Crippen LogP contribution < -0.4 is 0 Å². The van der Waals surface area contributed by atoms with E-state index in [2.05, 4.69) is 10.1 Å². The fourth-order valence-electron chi connectivity index (χ4n) is 0.719. The van der Waals surface area contributed by atoms with Gasteiger partial charge in [-0.05, 0) is 6.42 Å². The van der Waals surface area contributed by atoms with Crippen molar-refractivity contribution in [1.82, 2.24) is 14.8 Å². The summed E-state index contributed by atoms with van der Waals surface area (Å²) in [5.41, 5.74) is 0. The van der Waals surface area contributed by atoms with Crippen molar-refractivity contribution in [3.05, 3.63) is 12.7 Å². The highest BCUT2D eigenvalue weighted by Crippen LogP contribution is 1.86. The fourth-order valence-corrected chi connectivity index (χ4v) is 0.719. The minimum absolute atomic E-state index is 0.778. The average molecular weight is 141 g/mol. The lowest BCUT2D eigenvalue weighted by Gasteiger charge is -1.97. The van der Waals surface area contributed by atoms with Crippen LogP contribution in [0.1, 0.15) is 6.42 Å². The van der Waals surface area contributed by atoms with E-state index in [1.165, 1.54) is 6.33 Å². The van der Waals surface area contributed by atoms with Crippen molar-refractivity contribution in [2.24, 2.45) is 0 Å². The second kappa shape index (κ2) is 4.00. The van der Waals surface area contributed by atoms with Crippen molar-refractivity contribution < 1.29 is 4.74 Å². The van der Waals surface area contributed by atoms with Crippen molar-refractivity contribution in [2.75, 3.05) is 13.7 Å². The van der Waals surface area contributed by atoms with Gasteiger partial charge in [0.25, 0.3) is 0 Å². The van der Waals surface area contributed by atoms with Gasteiger partial charge in [-0.2, -0.15) is 5.10 Å². The third-order valence-corrected chi connectivity index (χ3v) is 1.20. The summed E-state index contributed by atoms with van der Waals surface area (Å²) < 4.78 is 6.67. The van der Waals surface area contributed by atoms with E-state index in [1.807, 2.05) is 0 Å². The molecule has 1 rings (SSSR count). The van der Waals surface area contributed by atoms with Crippen LogP contribution in [0.5, 0.6) is 0 Å². The molecule has 0 radical (unpaired) electrons. The summed E-state index contributed by atoms with van der Waals surface area (Å²) >= 11 is 0. The molecule has 0 bridgehead atoms. The third-order valence-electron chi connectivity index (χ3n) is 1.20. The Kier molecular flexibility index (Phi) is 2.89. The van der Waals surface area contributed by atoms with Gasteiger partial charge in [0.05, 0.1) is 0 Å². The van der Waals surface area contributed by atoms with E-state index < -0.39 is 0 Å². The Hall–Kier alpha value is -0.900. The van der Waals surface area contributed by atoms with Crippen LogP contribution in [0.4, 0.5) is 0 Å². The highest BCUT2D eigenvalue weighted by molar-refractivity contribution is 4.55. The zero-order valence-corrected chi connectivity index (χ0v) is 6.03. The maximum absolute atomic E-state index is 4.88. The Bertz CT molecular complexity index is 162. The monoisotopic (exact) mass is 141 g/mol. The molecule has 0 saturated heterocycles. The lowest BCUT2D eigenvalue weighted by molar-refractivity contribution is 0.189. The Labute approximate surface area is 59.8 Å². The Morgan fingerprint density at radius 2 is 2.50 bits per heavy atom. The largest absolute Gasteiger partial charge is 0.385 e. The molecule has 1 heterocycles. The summed E-state index contributed by atoms with van der Waals surface area (Å²) in [4.78, 5) is 3.81. The quantitative estimate of drug-likeness (QED) is 0.567. The molecule has 4 nitrogen and oxygen atoms in total. The first-order chi connectivity index (χ1) is 4.93. The second-order valence-electron chi connectivity index (χ2n) is 2.00. The fraction of sp³-hybridized carbons (Fsp3) is 0.667. The standard InChI is InChI=1S/C6H11N3O/c1-10-4-2-3-9-6-7-5-8-9/h5-6H,2-4H2,1H3. The number of nitrogens with zero attached hydrogens (tertiary/aromatic N) is 3. The number of ether oxygens (including phenoxy) is 1. The molecule has 0 unspecified atom stereocenters. The average Bonchev–Trinajstić information content (AvgIpc) is 2.41. The predicted molar refractivity (Wildman–Crippen MR) is 36.5 cm³/mol. The number of aromatic nitrogens is 3. The van der Waals surface area contributed by atoms with Crippen molar-refractivity contribution in [3.63, 3.8) is 0 Å². The van der Waals surface area contributed by atoms with Crippen molar-refractivity contribution >= 4 is 0 Å². The van der Waals surface area contributed by atoms with E-state index in [9.17, 15) is 0 Å². The number of hydrogen-bond donors (Lipinski definition) is 0. The number of aryl methyl sites for hydroxylation is 1. The van der Waals surface area contributed by atoms with Crippen molar-refractivity contribution in [3.8, 4) is 0 Å². The van der Waals surface area contributed by atoms with Gasteiger partial charge in [-0.3, -0.25) is 4.68 Å². The maximum Gasteiger partial charge on any atom is 0.137 e. The van der Waals surface area contributed by atoms with Crippen LogP contribution in [0.3, 0.4) is 0 Å². The van der Waals surface area contributed by atoms with E-state index >= 15 is 0 Å². The second-order valence-corrected chi connectivity index (χ2v) is 2.00. The van der Waals surface area contributed by atoms with E-state index in [0.29, 0.717) is 0 Å². The van der Waals surface area contributed by atoms with Gasteiger partial charge in [0.15, 0.2) is 0 Å². The SMILES string of the molecule is COCCCn1cncn1. The molecule has 0 spiro atoms. The predicted octanol–water partition coefficient (Wildman–Crippen LogP) is 0.315. The summed E-state index contributed by atoms with van der Waals surface area (Å²) in [6.45, 7) is 1.66. The molecule has 56 valence electrons. The Balaban J connectivity index is 2.15. The van der Waals surface area contributed by atoms with E-state index in [1.54, 1.807) is 18.1 Å². The first-order valence-corrected chi connectivity index (χ1v) is 3.25.